The van der Waals surface area contributed by atoms with Gasteiger partial charge in [0, 0.05) is 18.7 Å². The van der Waals surface area contributed by atoms with Crippen LogP contribution in [0.5, 0.6) is 11.5 Å². The molecule has 0 fully saturated rings. The van der Waals surface area contributed by atoms with Crippen LogP contribution < -0.4 is 14.8 Å². The highest BCUT2D eigenvalue weighted by Crippen LogP contribution is 2.35. The van der Waals surface area contributed by atoms with Crippen molar-refractivity contribution in [1.82, 2.24) is 0 Å². The molecule has 1 N–H and O–H groups in total. The number of hydrogen-bond donors (Lipinski definition) is 1. The molecule has 15 heavy (non-hydrogen) atoms. The third-order valence-electron chi connectivity index (χ3n) is 2.04. The molecular weight excluding hydrogens is 214 g/mol. The van der Waals surface area contributed by atoms with Crippen molar-refractivity contribution in [3.63, 3.8) is 0 Å². The van der Waals surface area contributed by atoms with E-state index in [1.54, 1.807) is 20.3 Å². The first-order valence-corrected chi connectivity index (χ1v) is 5.26. The van der Waals surface area contributed by atoms with Gasteiger partial charge >= 0.3 is 0 Å². The molecule has 0 unspecified atom stereocenters. The molecule has 1 rings (SSSR count). The lowest BCUT2D eigenvalue weighted by atomic mass is 10.2. The maximum absolute atomic E-state index is 6.07. The van der Waals surface area contributed by atoms with Gasteiger partial charge in [0.15, 0.2) is 11.5 Å². The first-order chi connectivity index (χ1) is 7.22. The van der Waals surface area contributed by atoms with E-state index in [1.165, 1.54) is 0 Å². The van der Waals surface area contributed by atoms with E-state index >= 15 is 0 Å². The van der Waals surface area contributed by atoms with E-state index < -0.39 is 0 Å². The van der Waals surface area contributed by atoms with Gasteiger partial charge in [0.05, 0.1) is 24.9 Å². The first-order valence-electron chi connectivity index (χ1n) is 4.88. The molecule has 0 aliphatic heterocycles. The zero-order chi connectivity index (χ0) is 11.3. The van der Waals surface area contributed by atoms with Gasteiger partial charge in [-0.15, -0.1) is 0 Å². The molecule has 0 spiro atoms. The summed E-state index contributed by atoms with van der Waals surface area (Å²) in [6.45, 7) is 2.98. The van der Waals surface area contributed by atoms with Crippen LogP contribution in [0.1, 0.15) is 13.3 Å². The molecule has 1 aromatic carbocycles. The lowest BCUT2D eigenvalue weighted by Crippen LogP contribution is -2.01. The first kappa shape index (κ1) is 12.0. The fourth-order valence-electron chi connectivity index (χ4n) is 1.25. The van der Waals surface area contributed by atoms with Gasteiger partial charge in [-0.05, 0) is 6.42 Å². The van der Waals surface area contributed by atoms with Gasteiger partial charge in [0.1, 0.15) is 0 Å². The number of rotatable bonds is 5. The van der Waals surface area contributed by atoms with Crippen LogP contribution in [0.2, 0.25) is 5.02 Å². The molecule has 0 heterocycles. The van der Waals surface area contributed by atoms with Crippen molar-refractivity contribution in [1.29, 1.82) is 0 Å². The Morgan fingerprint density at radius 3 is 2.33 bits per heavy atom. The van der Waals surface area contributed by atoms with Crippen LogP contribution >= 0.6 is 11.6 Å². The molecule has 0 saturated heterocycles. The molecule has 4 heteroatoms. The third-order valence-corrected chi connectivity index (χ3v) is 2.35. The van der Waals surface area contributed by atoms with E-state index in [9.17, 15) is 0 Å². The van der Waals surface area contributed by atoms with E-state index in [2.05, 4.69) is 12.2 Å². The summed E-state index contributed by atoms with van der Waals surface area (Å²) in [5.74, 6) is 1.32. The van der Waals surface area contributed by atoms with Crippen molar-refractivity contribution in [3.05, 3.63) is 17.2 Å². The van der Waals surface area contributed by atoms with Crippen molar-refractivity contribution >= 4 is 17.3 Å². The average molecular weight is 230 g/mol. The molecule has 1 aromatic rings. The predicted molar refractivity (Wildman–Crippen MR) is 63.3 cm³/mol. The number of benzene rings is 1. The maximum atomic E-state index is 6.07. The summed E-state index contributed by atoms with van der Waals surface area (Å²) >= 11 is 6.07. The molecule has 0 radical (unpaired) electrons. The van der Waals surface area contributed by atoms with E-state index in [4.69, 9.17) is 21.1 Å². The Morgan fingerprint density at radius 2 is 1.80 bits per heavy atom. The van der Waals surface area contributed by atoms with E-state index in [1.807, 2.05) is 6.07 Å². The smallest absolute Gasteiger partial charge is 0.162 e. The van der Waals surface area contributed by atoms with Gasteiger partial charge in [-0.2, -0.15) is 0 Å². The molecule has 0 atom stereocenters. The minimum absolute atomic E-state index is 0.640. The van der Waals surface area contributed by atoms with Crippen molar-refractivity contribution < 1.29 is 9.47 Å². The zero-order valence-electron chi connectivity index (χ0n) is 9.26. The molecule has 3 nitrogen and oxygen atoms in total. The summed E-state index contributed by atoms with van der Waals surface area (Å²) in [5, 5.41) is 3.86. The summed E-state index contributed by atoms with van der Waals surface area (Å²) < 4.78 is 10.3. The third kappa shape index (κ3) is 2.93. The SMILES string of the molecule is CCCNc1cc(OC)c(OC)cc1Cl. The lowest BCUT2D eigenvalue weighted by molar-refractivity contribution is 0.355. The summed E-state index contributed by atoms with van der Waals surface area (Å²) in [5.41, 5.74) is 0.871. The Morgan fingerprint density at radius 1 is 1.20 bits per heavy atom. The molecule has 0 saturated carbocycles. The van der Waals surface area contributed by atoms with Crippen molar-refractivity contribution in [3.8, 4) is 11.5 Å². The van der Waals surface area contributed by atoms with Gasteiger partial charge in [0.2, 0.25) is 0 Å². The Hall–Kier alpha value is -1.09. The summed E-state index contributed by atoms with van der Waals surface area (Å²) in [4.78, 5) is 0. The fraction of sp³-hybridized carbons (Fsp3) is 0.455. The number of anilines is 1. The van der Waals surface area contributed by atoms with Crippen molar-refractivity contribution in [2.24, 2.45) is 0 Å². The fourth-order valence-corrected chi connectivity index (χ4v) is 1.47. The highest BCUT2D eigenvalue weighted by atomic mass is 35.5. The predicted octanol–water partition coefficient (Wildman–Crippen LogP) is 3.18. The number of hydrogen-bond acceptors (Lipinski definition) is 3. The largest absolute Gasteiger partial charge is 0.493 e. The van der Waals surface area contributed by atoms with E-state index in [0.717, 1.165) is 18.7 Å². The second-order valence-corrected chi connectivity index (χ2v) is 3.52. The monoisotopic (exact) mass is 229 g/mol. The topological polar surface area (TPSA) is 30.5 Å². The van der Waals surface area contributed by atoms with Crippen LogP contribution in [0.4, 0.5) is 5.69 Å². The quantitative estimate of drug-likeness (QED) is 0.841. The second-order valence-electron chi connectivity index (χ2n) is 3.11. The van der Waals surface area contributed by atoms with Gasteiger partial charge in [0.25, 0.3) is 0 Å². The second kappa shape index (κ2) is 5.71. The van der Waals surface area contributed by atoms with Crippen LogP contribution in [-0.4, -0.2) is 20.8 Å². The standard InChI is InChI=1S/C11H16ClNO2/c1-4-5-13-9-7-11(15-3)10(14-2)6-8(9)12/h6-7,13H,4-5H2,1-3H3. The Kier molecular flexibility index (Phi) is 4.56. The molecule has 0 aliphatic rings. The van der Waals surface area contributed by atoms with Crippen molar-refractivity contribution in [2.45, 2.75) is 13.3 Å². The maximum Gasteiger partial charge on any atom is 0.162 e. The molecule has 0 aromatic heterocycles. The van der Waals surface area contributed by atoms with Crippen LogP contribution in [0, 0.1) is 0 Å². The Labute approximate surface area is 95.3 Å². The lowest BCUT2D eigenvalue weighted by Gasteiger charge is -2.12. The Balaban J connectivity index is 2.97. The minimum Gasteiger partial charge on any atom is -0.493 e. The molecule has 0 amide bonds. The van der Waals surface area contributed by atoms with E-state index in [-0.39, 0.29) is 0 Å². The molecular formula is C11H16ClNO2. The van der Waals surface area contributed by atoms with Crippen molar-refractivity contribution in [2.75, 3.05) is 26.1 Å². The number of ether oxygens (including phenoxy) is 2. The van der Waals surface area contributed by atoms with Gasteiger partial charge in [-0.25, -0.2) is 0 Å². The van der Waals surface area contributed by atoms with Gasteiger partial charge in [-0.1, -0.05) is 18.5 Å². The zero-order valence-corrected chi connectivity index (χ0v) is 10.0. The number of halogens is 1. The van der Waals surface area contributed by atoms with Crippen LogP contribution in [0.25, 0.3) is 0 Å². The van der Waals surface area contributed by atoms with E-state index in [0.29, 0.717) is 16.5 Å². The van der Waals surface area contributed by atoms with Crippen LogP contribution in [-0.2, 0) is 0 Å². The summed E-state index contributed by atoms with van der Waals surface area (Å²) in [6.07, 6.45) is 1.05. The normalized spacial score (nSPS) is 9.87. The highest BCUT2D eigenvalue weighted by molar-refractivity contribution is 6.33. The number of nitrogens with one attached hydrogen (secondary N) is 1. The highest BCUT2D eigenvalue weighted by Gasteiger charge is 2.08. The minimum atomic E-state index is 0.640. The summed E-state index contributed by atoms with van der Waals surface area (Å²) in [6, 6.07) is 3.59. The van der Waals surface area contributed by atoms with Gasteiger partial charge in [-0.3, -0.25) is 0 Å². The van der Waals surface area contributed by atoms with Crippen LogP contribution in [0.3, 0.4) is 0 Å². The van der Waals surface area contributed by atoms with Crippen LogP contribution in [0.15, 0.2) is 12.1 Å². The molecule has 0 aliphatic carbocycles. The number of methoxy groups -OCH3 is 2. The molecule has 0 bridgehead atoms. The Bertz CT molecular complexity index is 329. The average Bonchev–Trinajstić information content (AvgIpc) is 2.27. The summed E-state index contributed by atoms with van der Waals surface area (Å²) in [7, 11) is 3.20. The van der Waals surface area contributed by atoms with Gasteiger partial charge < -0.3 is 14.8 Å². The molecule has 84 valence electrons.